The Morgan fingerprint density at radius 3 is 2.89 bits per heavy atom. The van der Waals surface area contributed by atoms with Crippen LogP contribution < -0.4 is 0 Å². The molecule has 0 aromatic carbocycles. The van der Waals surface area contributed by atoms with Crippen LogP contribution in [0.15, 0.2) is 12.7 Å². The van der Waals surface area contributed by atoms with Crippen molar-refractivity contribution in [2.24, 2.45) is 0 Å². The number of unbranched alkanes of at least 4 members (excludes halogenated alkanes) is 1. The van der Waals surface area contributed by atoms with Gasteiger partial charge in [0.05, 0.1) is 6.10 Å². The van der Waals surface area contributed by atoms with Gasteiger partial charge in [-0.15, -0.1) is 6.58 Å². The fourth-order valence-corrected chi connectivity index (χ4v) is 1.00. The van der Waals surface area contributed by atoms with Crippen LogP contribution in [0.2, 0.25) is 0 Å². The van der Waals surface area contributed by atoms with Crippen molar-refractivity contribution in [3.63, 3.8) is 0 Å². The van der Waals surface area contributed by atoms with Crippen LogP contribution in [-0.4, -0.2) is 12.2 Å². The molecule has 1 nitrogen and oxygen atoms in total. The summed E-state index contributed by atoms with van der Waals surface area (Å²) in [6.45, 7) is 5.86. The molecule has 52 valence electrons. The molecule has 1 aliphatic heterocycles. The number of epoxide rings is 1. The van der Waals surface area contributed by atoms with E-state index in [1.165, 1.54) is 19.3 Å². The fourth-order valence-electron chi connectivity index (χ4n) is 1.00. The van der Waals surface area contributed by atoms with Gasteiger partial charge in [-0.25, -0.2) is 0 Å². The van der Waals surface area contributed by atoms with Crippen LogP contribution in [0.1, 0.15) is 26.2 Å². The number of rotatable bonds is 4. The molecule has 0 aromatic rings. The Morgan fingerprint density at radius 2 is 2.44 bits per heavy atom. The van der Waals surface area contributed by atoms with Crippen molar-refractivity contribution < 1.29 is 4.74 Å². The quantitative estimate of drug-likeness (QED) is 0.415. The molecule has 0 aliphatic carbocycles. The summed E-state index contributed by atoms with van der Waals surface area (Å²) >= 11 is 0. The lowest BCUT2D eigenvalue weighted by Crippen LogP contribution is -1.88. The maximum Gasteiger partial charge on any atom is 0.102 e. The highest BCUT2D eigenvalue weighted by atomic mass is 16.6. The number of hydrogen-bond donors (Lipinski definition) is 0. The minimum atomic E-state index is 0.386. The predicted octanol–water partition coefficient (Wildman–Crippen LogP) is 2.13. The summed E-state index contributed by atoms with van der Waals surface area (Å²) in [5.41, 5.74) is 0. The van der Waals surface area contributed by atoms with Gasteiger partial charge in [-0.2, -0.15) is 0 Å². The molecule has 0 saturated carbocycles. The monoisotopic (exact) mass is 126 g/mol. The second-order valence-corrected chi connectivity index (χ2v) is 2.52. The van der Waals surface area contributed by atoms with Gasteiger partial charge in [0.25, 0.3) is 0 Å². The molecule has 0 amide bonds. The van der Waals surface area contributed by atoms with Crippen LogP contribution in [0, 0.1) is 0 Å². The third-order valence-electron chi connectivity index (χ3n) is 1.70. The van der Waals surface area contributed by atoms with E-state index in [9.17, 15) is 0 Å². The van der Waals surface area contributed by atoms with Crippen LogP contribution in [0.3, 0.4) is 0 Å². The Hall–Kier alpha value is -0.300. The van der Waals surface area contributed by atoms with Gasteiger partial charge in [-0.3, -0.25) is 0 Å². The van der Waals surface area contributed by atoms with Gasteiger partial charge in [0.2, 0.25) is 0 Å². The van der Waals surface area contributed by atoms with E-state index in [0.29, 0.717) is 12.2 Å². The van der Waals surface area contributed by atoms with Crippen LogP contribution in [0.4, 0.5) is 0 Å². The summed E-state index contributed by atoms with van der Waals surface area (Å²) < 4.78 is 5.25. The number of ether oxygens (including phenoxy) is 1. The molecule has 1 rings (SSSR count). The van der Waals surface area contributed by atoms with Crippen molar-refractivity contribution in [3.05, 3.63) is 12.7 Å². The second-order valence-electron chi connectivity index (χ2n) is 2.52. The van der Waals surface area contributed by atoms with Gasteiger partial charge in [0.1, 0.15) is 6.10 Å². The molecule has 1 fully saturated rings. The first-order valence-corrected chi connectivity index (χ1v) is 3.66. The zero-order valence-electron chi connectivity index (χ0n) is 5.97. The summed E-state index contributed by atoms with van der Waals surface area (Å²) in [5, 5.41) is 0. The molecule has 0 N–H and O–H groups in total. The molecule has 0 aromatic heterocycles. The second kappa shape index (κ2) is 3.02. The van der Waals surface area contributed by atoms with Gasteiger partial charge in [-0.05, 0) is 6.42 Å². The molecule has 1 heterocycles. The Balaban J connectivity index is 1.98. The van der Waals surface area contributed by atoms with E-state index in [4.69, 9.17) is 4.74 Å². The van der Waals surface area contributed by atoms with E-state index in [1.54, 1.807) is 0 Å². The van der Waals surface area contributed by atoms with Gasteiger partial charge in [0.15, 0.2) is 0 Å². The Labute approximate surface area is 56.7 Å². The van der Waals surface area contributed by atoms with E-state index < -0.39 is 0 Å². The highest BCUT2D eigenvalue weighted by Gasteiger charge is 2.34. The van der Waals surface area contributed by atoms with E-state index in [0.717, 1.165) is 0 Å². The molecule has 0 unspecified atom stereocenters. The summed E-state index contributed by atoms with van der Waals surface area (Å²) in [4.78, 5) is 0. The maximum absolute atomic E-state index is 5.25. The molecule has 1 aliphatic rings. The van der Waals surface area contributed by atoms with Gasteiger partial charge in [-0.1, -0.05) is 25.8 Å². The fraction of sp³-hybridized carbons (Fsp3) is 0.750. The van der Waals surface area contributed by atoms with Crippen LogP contribution in [-0.2, 0) is 4.74 Å². The van der Waals surface area contributed by atoms with Crippen molar-refractivity contribution in [1.29, 1.82) is 0 Å². The van der Waals surface area contributed by atoms with E-state index in [2.05, 4.69) is 13.5 Å². The summed E-state index contributed by atoms with van der Waals surface area (Å²) in [5.74, 6) is 0. The minimum absolute atomic E-state index is 0.386. The summed E-state index contributed by atoms with van der Waals surface area (Å²) in [6, 6.07) is 0. The van der Waals surface area contributed by atoms with Gasteiger partial charge < -0.3 is 4.74 Å². The Morgan fingerprint density at radius 1 is 1.67 bits per heavy atom. The average Bonchev–Trinajstić information content (AvgIpc) is 2.62. The first kappa shape index (κ1) is 6.81. The normalized spacial score (nSPS) is 32.1. The minimum Gasteiger partial charge on any atom is -0.365 e. The smallest absolute Gasteiger partial charge is 0.102 e. The van der Waals surface area contributed by atoms with Crippen LogP contribution >= 0.6 is 0 Å². The summed E-state index contributed by atoms with van der Waals surface area (Å²) in [6.07, 6.45) is 6.56. The van der Waals surface area contributed by atoms with E-state index in [1.807, 2.05) is 6.08 Å². The lowest BCUT2D eigenvalue weighted by Gasteiger charge is -1.87. The van der Waals surface area contributed by atoms with Crippen molar-refractivity contribution in [3.8, 4) is 0 Å². The molecular weight excluding hydrogens is 112 g/mol. The van der Waals surface area contributed by atoms with E-state index in [-0.39, 0.29) is 0 Å². The van der Waals surface area contributed by atoms with Gasteiger partial charge >= 0.3 is 0 Å². The molecule has 2 atom stereocenters. The first-order chi connectivity index (χ1) is 4.38. The molecule has 9 heavy (non-hydrogen) atoms. The molecule has 1 heteroatoms. The molecule has 0 bridgehead atoms. The third-order valence-corrected chi connectivity index (χ3v) is 1.70. The maximum atomic E-state index is 5.25. The van der Waals surface area contributed by atoms with Crippen LogP contribution in [0.5, 0.6) is 0 Å². The number of hydrogen-bond acceptors (Lipinski definition) is 1. The largest absolute Gasteiger partial charge is 0.365 e. The predicted molar refractivity (Wildman–Crippen MR) is 38.4 cm³/mol. The highest BCUT2D eigenvalue weighted by Crippen LogP contribution is 2.27. The van der Waals surface area contributed by atoms with Gasteiger partial charge in [0, 0.05) is 0 Å². The zero-order valence-corrected chi connectivity index (χ0v) is 5.97. The average molecular weight is 126 g/mol. The first-order valence-electron chi connectivity index (χ1n) is 3.66. The third kappa shape index (κ3) is 1.83. The molecule has 0 spiro atoms. The van der Waals surface area contributed by atoms with Crippen LogP contribution in [0.25, 0.3) is 0 Å². The van der Waals surface area contributed by atoms with E-state index >= 15 is 0 Å². The van der Waals surface area contributed by atoms with Crippen molar-refractivity contribution in [2.45, 2.75) is 38.4 Å². The summed E-state index contributed by atoms with van der Waals surface area (Å²) in [7, 11) is 0. The van der Waals surface area contributed by atoms with Crippen molar-refractivity contribution in [1.82, 2.24) is 0 Å². The zero-order chi connectivity index (χ0) is 6.69. The topological polar surface area (TPSA) is 12.5 Å². The SMILES string of the molecule is C=C[C@H]1O[C@H]1CCCC. The standard InChI is InChI=1S/C8H14O/c1-3-5-6-8-7(4-2)9-8/h4,7-8H,2-3,5-6H2,1H3/t7-,8+/m1/s1. The molecular formula is C8H14O. The van der Waals surface area contributed by atoms with Crippen molar-refractivity contribution in [2.75, 3.05) is 0 Å². The Bertz CT molecular complexity index is 98.7. The highest BCUT2D eigenvalue weighted by molar-refractivity contribution is 4.97. The molecule has 1 saturated heterocycles. The molecule has 0 radical (unpaired) electrons. The lowest BCUT2D eigenvalue weighted by molar-refractivity contribution is 0.375. The lowest BCUT2D eigenvalue weighted by atomic mass is 10.2. The van der Waals surface area contributed by atoms with Crippen molar-refractivity contribution >= 4 is 0 Å². The Kier molecular flexibility index (Phi) is 2.29.